The molecule has 2 nitrogen and oxygen atoms in total. The van der Waals surface area contributed by atoms with E-state index in [9.17, 15) is 0 Å². The topological polar surface area (TPSA) is 38.0 Å². The number of hydrogen-bond acceptors (Lipinski definition) is 3. The SMILES string of the molecule is Cc1cc(C(Cc2ccc(Br)cc2Cl)NN)sc1C. The van der Waals surface area contributed by atoms with E-state index in [4.69, 9.17) is 17.4 Å². The first-order chi connectivity index (χ1) is 9.01. The van der Waals surface area contributed by atoms with Gasteiger partial charge in [0.25, 0.3) is 0 Å². The molecule has 0 bridgehead atoms. The van der Waals surface area contributed by atoms with Gasteiger partial charge in [-0.3, -0.25) is 11.3 Å². The second-order valence-corrected chi connectivity index (χ2v) is 7.16. The highest BCUT2D eigenvalue weighted by molar-refractivity contribution is 9.10. The van der Waals surface area contributed by atoms with Gasteiger partial charge in [-0.2, -0.15) is 0 Å². The molecule has 0 amide bonds. The fraction of sp³-hybridized carbons (Fsp3) is 0.286. The predicted octanol–water partition coefficient (Wildman–Crippen LogP) is 4.53. The smallest absolute Gasteiger partial charge is 0.0594 e. The number of nitrogens with two attached hydrogens (primary N) is 1. The van der Waals surface area contributed by atoms with Crippen molar-refractivity contribution in [2.24, 2.45) is 5.84 Å². The minimum Gasteiger partial charge on any atom is -0.271 e. The highest BCUT2D eigenvalue weighted by Gasteiger charge is 2.15. The normalized spacial score (nSPS) is 12.7. The Labute approximate surface area is 131 Å². The van der Waals surface area contributed by atoms with Gasteiger partial charge in [-0.25, -0.2) is 0 Å². The Morgan fingerprint density at radius 1 is 1.37 bits per heavy atom. The predicted molar refractivity (Wildman–Crippen MR) is 86.7 cm³/mol. The first-order valence-corrected chi connectivity index (χ1v) is 7.97. The Morgan fingerprint density at radius 3 is 2.63 bits per heavy atom. The average Bonchev–Trinajstić information content (AvgIpc) is 2.68. The van der Waals surface area contributed by atoms with Gasteiger partial charge in [0, 0.05) is 19.2 Å². The molecule has 0 spiro atoms. The van der Waals surface area contributed by atoms with Crippen LogP contribution in [0.2, 0.25) is 5.02 Å². The molecule has 2 rings (SSSR count). The Bertz CT molecular complexity index is 563. The number of benzene rings is 1. The van der Waals surface area contributed by atoms with Crippen molar-refractivity contribution in [3.05, 3.63) is 54.6 Å². The van der Waals surface area contributed by atoms with Gasteiger partial charge in [0.1, 0.15) is 0 Å². The number of halogens is 2. The summed E-state index contributed by atoms with van der Waals surface area (Å²) in [6.07, 6.45) is 0.780. The average molecular weight is 360 g/mol. The van der Waals surface area contributed by atoms with E-state index < -0.39 is 0 Å². The number of nitrogens with one attached hydrogen (secondary N) is 1. The van der Waals surface area contributed by atoms with Crippen LogP contribution in [0.1, 0.15) is 26.9 Å². The number of thiophene rings is 1. The molecule has 0 aliphatic heterocycles. The summed E-state index contributed by atoms with van der Waals surface area (Å²) in [5, 5.41) is 0.764. The van der Waals surface area contributed by atoms with E-state index in [0.29, 0.717) is 0 Å². The van der Waals surface area contributed by atoms with Crippen molar-refractivity contribution in [2.75, 3.05) is 0 Å². The number of hydrogen-bond donors (Lipinski definition) is 2. The standard InChI is InChI=1S/C14H16BrClN2S/c1-8-5-14(19-9(8)2)13(18-17)6-10-3-4-11(15)7-12(10)16/h3-5,7,13,18H,6,17H2,1-2H3. The quantitative estimate of drug-likeness (QED) is 0.622. The van der Waals surface area contributed by atoms with E-state index in [1.807, 2.05) is 18.2 Å². The minimum atomic E-state index is 0.0936. The van der Waals surface area contributed by atoms with E-state index in [0.717, 1.165) is 21.5 Å². The van der Waals surface area contributed by atoms with Gasteiger partial charge in [-0.05, 0) is 49.6 Å². The molecule has 0 aliphatic rings. The van der Waals surface area contributed by atoms with Crippen molar-refractivity contribution < 1.29 is 0 Å². The maximum atomic E-state index is 6.26. The summed E-state index contributed by atoms with van der Waals surface area (Å²) in [6, 6.07) is 8.23. The van der Waals surface area contributed by atoms with E-state index >= 15 is 0 Å². The molecular formula is C14H16BrClN2S. The third-order valence-electron chi connectivity index (χ3n) is 3.17. The molecule has 2 aromatic rings. The molecule has 0 saturated heterocycles. The van der Waals surface area contributed by atoms with Gasteiger partial charge in [-0.15, -0.1) is 11.3 Å². The second kappa shape index (κ2) is 6.37. The van der Waals surface area contributed by atoms with Crippen LogP contribution in [0.5, 0.6) is 0 Å². The van der Waals surface area contributed by atoms with E-state index in [1.54, 1.807) is 11.3 Å². The van der Waals surface area contributed by atoms with Crippen LogP contribution >= 0.6 is 38.9 Å². The zero-order chi connectivity index (χ0) is 14.0. The highest BCUT2D eigenvalue weighted by atomic mass is 79.9. The summed E-state index contributed by atoms with van der Waals surface area (Å²) in [6.45, 7) is 4.25. The third-order valence-corrected chi connectivity index (χ3v) is 5.28. The number of aryl methyl sites for hydroxylation is 2. The van der Waals surface area contributed by atoms with Crippen molar-refractivity contribution in [2.45, 2.75) is 26.3 Å². The van der Waals surface area contributed by atoms with Gasteiger partial charge in [0.2, 0.25) is 0 Å². The van der Waals surface area contributed by atoms with Crippen LogP contribution in [-0.2, 0) is 6.42 Å². The van der Waals surface area contributed by atoms with Crippen LogP contribution in [0.4, 0.5) is 0 Å². The maximum Gasteiger partial charge on any atom is 0.0594 e. The summed E-state index contributed by atoms with van der Waals surface area (Å²) in [5.41, 5.74) is 5.29. The van der Waals surface area contributed by atoms with E-state index in [-0.39, 0.29) is 6.04 Å². The summed E-state index contributed by atoms with van der Waals surface area (Å²) in [5.74, 6) is 5.70. The minimum absolute atomic E-state index is 0.0936. The van der Waals surface area contributed by atoms with Crippen LogP contribution in [0, 0.1) is 13.8 Å². The lowest BCUT2D eigenvalue weighted by Gasteiger charge is -2.15. The van der Waals surface area contributed by atoms with Crippen LogP contribution in [-0.4, -0.2) is 0 Å². The van der Waals surface area contributed by atoms with E-state index in [2.05, 4.69) is 41.3 Å². The maximum absolute atomic E-state index is 6.26. The van der Waals surface area contributed by atoms with Gasteiger partial charge in [0.15, 0.2) is 0 Å². The van der Waals surface area contributed by atoms with Gasteiger partial charge in [-0.1, -0.05) is 33.6 Å². The summed E-state index contributed by atoms with van der Waals surface area (Å²) < 4.78 is 0.987. The van der Waals surface area contributed by atoms with Crippen molar-refractivity contribution in [3.63, 3.8) is 0 Å². The van der Waals surface area contributed by atoms with Crippen LogP contribution < -0.4 is 11.3 Å². The van der Waals surface area contributed by atoms with Crippen molar-refractivity contribution in [1.29, 1.82) is 0 Å². The summed E-state index contributed by atoms with van der Waals surface area (Å²) in [7, 11) is 0. The molecule has 1 aromatic carbocycles. The lowest BCUT2D eigenvalue weighted by molar-refractivity contribution is 0.560. The summed E-state index contributed by atoms with van der Waals surface area (Å²) >= 11 is 11.5. The fourth-order valence-electron chi connectivity index (χ4n) is 1.92. The Balaban J connectivity index is 2.23. The van der Waals surface area contributed by atoms with Crippen LogP contribution in [0.15, 0.2) is 28.7 Å². The monoisotopic (exact) mass is 358 g/mol. The molecule has 3 N–H and O–H groups in total. The second-order valence-electron chi connectivity index (χ2n) is 4.55. The molecule has 1 heterocycles. The Morgan fingerprint density at radius 2 is 2.11 bits per heavy atom. The van der Waals surface area contributed by atoms with Gasteiger partial charge in [0.05, 0.1) is 6.04 Å². The van der Waals surface area contributed by atoms with Crippen molar-refractivity contribution in [1.82, 2.24) is 5.43 Å². The molecular weight excluding hydrogens is 344 g/mol. The molecule has 1 aromatic heterocycles. The van der Waals surface area contributed by atoms with Crippen molar-refractivity contribution in [3.8, 4) is 0 Å². The fourth-order valence-corrected chi connectivity index (χ4v) is 3.78. The van der Waals surface area contributed by atoms with E-state index in [1.165, 1.54) is 15.3 Å². The van der Waals surface area contributed by atoms with Gasteiger partial charge >= 0.3 is 0 Å². The zero-order valence-electron chi connectivity index (χ0n) is 10.8. The highest BCUT2D eigenvalue weighted by Crippen LogP contribution is 2.30. The number of rotatable bonds is 4. The largest absolute Gasteiger partial charge is 0.271 e. The molecule has 0 radical (unpaired) electrons. The third kappa shape index (κ3) is 3.58. The first-order valence-electron chi connectivity index (χ1n) is 5.98. The molecule has 19 heavy (non-hydrogen) atoms. The van der Waals surface area contributed by atoms with Crippen LogP contribution in [0.25, 0.3) is 0 Å². The van der Waals surface area contributed by atoms with Crippen LogP contribution in [0.3, 0.4) is 0 Å². The summed E-state index contributed by atoms with van der Waals surface area (Å²) in [4.78, 5) is 2.58. The molecule has 0 aliphatic carbocycles. The molecule has 1 atom stereocenters. The molecule has 1 unspecified atom stereocenters. The lowest BCUT2D eigenvalue weighted by atomic mass is 10.0. The lowest BCUT2D eigenvalue weighted by Crippen LogP contribution is -2.29. The molecule has 5 heteroatoms. The van der Waals surface area contributed by atoms with Crippen molar-refractivity contribution >= 4 is 38.9 Å². The first kappa shape index (κ1) is 15.0. The molecule has 0 saturated carbocycles. The Hall–Kier alpha value is -0.390. The Kier molecular flexibility index (Phi) is 5.03. The van der Waals surface area contributed by atoms with Gasteiger partial charge < -0.3 is 0 Å². The molecule has 102 valence electrons. The zero-order valence-corrected chi connectivity index (χ0v) is 14.0. The number of hydrazine groups is 1. The molecule has 0 fully saturated rings.